The van der Waals surface area contributed by atoms with Crippen molar-refractivity contribution in [1.29, 1.82) is 0 Å². The predicted octanol–water partition coefficient (Wildman–Crippen LogP) is 3.87. The molecule has 0 heterocycles. The molecule has 0 saturated carbocycles. The molecule has 0 aliphatic rings. The van der Waals surface area contributed by atoms with Crippen LogP contribution < -0.4 is 0 Å². The van der Waals surface area contributed by atoms with E-state index < -0.39 is 0 Å². The Bertz CT molecular complexity index is 146. The number of aliphatic hydroxyl groups is 1. The van der Waals surface area contributed by atoms with Crippen LogP contribution in [0.1, 0.15) is 40.5 Å². The van der Waals surface area contributed by atoms with E-state index in [0.717, 1.165) is 5.03 Å². The predicted molar refractivity (Wildman–Crippen MR) is 61.0 cm³/mol. The Morgan fingerprint density at radius 2 is 1.92 bits per heavy atom. The molecule has 1 N–H and O–H groups in total. The van der Waals surface area contributed by atoms with Gasteiger partial charge in [0.05, 0.1) is 6.10 Å². The number of aliphatic hydroxyl groups excluding tert-OH is 1. The van der Waals surface area contributed by atoms with Gasteiger partial charge < -0.3 is 5.11 Å². The van der Waals surface area contributed by atoms with Crippen LogP contribution in [0.3, 0.4) is 0 Å². The Morgan fingerprint density at radius 1 is 1.38 bits per heavy atom. The molecule has 0 spiro atoms. The number of hydrogen-bond donors (Lipinski definition) is 1. The summed E-state index contributed by atoms with van der Waals surface area (Å²) in [5.41, 5.74) is 0. The number of halogens is 1. The fourth-order valence-corrected chi connectivity index (χ4v) is 0.777. The lowest BCUT2D eigenvalue weighted by Crippen LogP contribution is -2.02. The van der Waals surface area contributed by atoms with Crippen LogP contribution in [-0.2, 0) is 0 Å². The molecule has 0 aliphatic carbocycles. The third-order valence-electron chi connectivity index (χ3n) is 1.32. The third-order valence-corrected chi connectivity index (χ3v) is 1.47. The highest BCUT2D eigenvalue weighted by atomic mass is 35.5. The topological polar surface area (TPSA) is 20.2 Å². The second kappa shape index (κ2) is 11.7. The van der Waals surface area contributed by atoms with Gasteiger partial charge in [-0.05, 0) is 26.7 Å². The van der Waals surface area contributed by atoms with Crippen LogP contribution in [0.15, 0.2) is 23.3 Å². The van der Waals surface area contributed by atoms with Crippen LogP contribution in [0.4, 0.5) is 0 Å². The van der Waals surface area contributed by atoms with Crippen molar-refractivity contribution in [2.24, 2.45) is 0 Å². The normalized spacial score (nSPS) is 13.8. The van der Waals surface area contributed by atoms with E-state index in [1.54, 1.807) is 0 Å². The molecular formula is C11H21ClO. The fraction of sp³-hybridized carbons (Fsp3) is 0.636. The summed E-state index contributed by atoms with van der Waals surface area (Å²) in [6, 6.07) is 0. The summed E-state index contributed by atoms with van der Waals surface area (Å²) in [4.78, 5) is 0. The summed E-state index contributed by atoms with van der Waals surface area (Å²) in [5, 5.41) is 10.0. The lowest BCUT2D eigenvalue weighted by Gasteiger charge is -2.02. The highest BCUT2D eigenvalue weighted by molar-refractivity contribution is 6.29. The molecule has 1 unspecified atom stereocenters. The van der Waals surface area contributed by atoms with Crippen molar-refractivity contribution >= 4 is 11.6 Å². The average Bonchev–Trinajstić information content (AvgIpc) is 2.14. The fourth-order valence-electron chi connectivity index (χ4n) is 0.688. The standard InChI is InChI=1S/C9H15ClO.C2H6/c1-3-4-5-9(11)7-6-8(2)10;1-2/h3-4,6,9,11H,5,7H2,1-2H3;1-2H3/b4-3-,8-6+;. The van der Waals surface area contributed by atoms with Crippen LogP contribution >= 0.6 is 11.6 Å². The first-order chi connectivity index (χ1) is 6.16. The van der Waals surface area contributed by atoms with Crippen LogP contribution in [0.25, 0.3) is 0 Å². The summed E-state index contributed by atoms with van der Waals surface area (Å²) in [5.74, 6) is 0. The number of allylic oxidation sites excluding steroid dienone is 2. The quantitative estimate of drug-likeness (QED) is 0.690. The first kappa shape index (κ1) is 15.2. The Kier molecular flexibility index (Phi) is 13.7. The minimum Gasteiger partial charge on any atom is -0.392 e. The van der Waals surface area contributed by atoms with Crippen molar-refractivity contribution < 1.29 is 5.11 Å². The van der Waals surface area contributed by atoms with Crippen molar-refractivity contribution in [2.45, 2.75) is 46.6 Å². The minimum atomic E-state index is -0.292. The van der Waals surface area contributed by atoms with E-state index in [2.05, 4.69) is 0 Å². The van der Waals surface area contributed by atoms with Gasteiger partial charge in [-0.25, -0.2) is 0 Å². The molecule has 0 saturated heterocycles. The van der Waals surface area contributed by atoms with Gasteiger partial charge in [0.1, 0.15) is 0 Å². The van der Waals surface area contributed by atoms with Gasteiger partial charge in [0.25, 0.3) is 0 Å². The van der Waals surface area contributed by atoms with Crippen LogP contribution in [-0.4, -0.2) is 11.2 Å². The molecule has 1 atom stereocenters. The van der Waals surface area contributed by atoms with E-state index in [1.165, 1.54) is 0 Å². The molecule has 1 nitrogen and oxygen atoms in total. The molecule has 13 heavy (non-hydrogen) atoms. The molecule has 0 fully saturated rings. The van der Waals surface area contributed by atoms with Gasteiger partial charge in [0.2, 0.25) is 0 Å². The molecule has 0 aromatic heterocycles. The lowest BCUT2D eigenvalue weighted by atomic mass is 10.2. The van der Waals surface area contributed by atoms with Crippen LogP contribution in [0, 0.1) is 0 Å². The maximum atomic E-state index is 9.27. The monoisotopic (exact) mass is 204 g/mol. The molecule has 2 heteroatoms. The maximum absolute atomic E-state index is 9.27. The van der Waals surface area contributed by atoms with Crippen molar-refractivity contribution in [3.05, 3.63) is 23.3 Å². The van der Waals surface area contributed by atoms with E-state index in [4.69, 9.17) is 11.6 Å². The second-order valence-corrected chi connectivity index (χ2v) is 3.08. The van der Waals surface area contributed by atoms with Gasteiger partial charge in [-0.1, -0.05) is 43.7 Å². The molecule has 0 amide bonds. The van der Waals surface area contributed by atoms with E-state index >= 15 is 0 Å². The Labute approximate surface area is 87.1 Å². The van der Waals surface area contributed by atoms with Gasteiger partial charge in [-0.15, -0.1) is 0 Å². The Hall–Kier alpha value is -0.270. The molecular weight excluding hydrogens is 184 g/mol. The zero-order chi connectivity index (χ0) is 10.7. The summed E-state index contributed by atoms with van der Waals surface area (Å²) >= 11 is 5.59. The molecule has 78 valence electrons. The highest BCUT2D eigenvalue weighted by Crippen LogP contribution is 2.05. The first-order valence-corrected chi connectivity index (χ1v) is 5.16. The lowest BCUT2D eigenvalue weighted by molar-refractivity contribution is 0.181. The molecule has 0 bridgehead atoms. The van der Waals surface area contributed by atoms with Gasteiger partial charge >= 0.3 is 0 Å². The second-order valence-electron chi connectivity index (χ2n) is 2.49. The first-order valence-electron chi connectivity index (χ1n) is 4.78. The summed E-state index contributed by atoms with van der Waals surface area (Å²) in [7, 11) is 0. The highest BCUT2D eigenvalue weighted by Gasteiger charge is 1.97. The average molecular weight is 205 g/mol. The molecule has 0 aromatic carbocycles. The van der Waals surface area contributed by atoms with Crippen molar-refractivity contribution in [1.82, 2.24) is 0 Å². The third kappa shape index (κ3) is 14.6. The van der Waals surface area contributed by atoms with E-state index in [1.807, 2.05) is 45.9 Å². The Morgan fingerprint density at radius 3 is 2.31 bits per heavy atom. The maximum Gasteiger partial charge on any atom is 0.0609 e. The molecule has 0 aliphatic heterocycles. The van der Waals surface area contributed by atoms with Gasteiger partial charge in [-0.2, -0.15) is 0 Å². The SMILES string of the molecule is C/C=C\CC(O)C/C=C(\C)Cl.CC. The smallest absolute Gasteiger partial charge is 0.0609 e. The van der Waals surface area contributed by atoms with E-state index in [0.29, 0.717) is 12.8 Å². The van der Waals surface area contributed by atoms with Crippen LogP contribution in [0.2, 0.25) is 0 Å². The number of rotatable bonds is 4. The largest absolute Gasteiger partial charge is 0.392 e. The zero-order valence-electron chi connectivity index (χ0n) is 9.05. The minimum absolute atomic E-state index is 0.292. The molecule has 0 rings (SSSR count). The summed E-state index contributed by atoms with van der Waals surface area (Å²) < 4.78 is 0. The van der Waals surface area contributed by atoms with Crippen LogP contribution in [0.5, 0.6) is 0 Å². The zero-order valence-corrected chi connectivity index (χ0v) is 9.80. The van der Waals surface area contributed by atoms with E-state index in [-0.39, 0.29) is 6.10 Å². The molecule has 0 aromatic rings. The van der Waals surface area contributed by atoms with E-state index in [9.17, 15) is 5.11 Å². The van der Waals surface area contributed by atoms with Gasteiger partial charge in [0.15, 0.2) is 0 Å². The molecule has 0 radical (unpaired) electrons. The van der Waals surface area contributed by atoms with Gasteiger partial charge in [-0.3, -0.25) is 0 Å². The van der Waals surface area contributed by atoms with Crippen molar-refractivity contribution in [3.63, 3.8) is 0 Å². The van der Waals surface area contributed by atoms with Crippen molar-refractivity contribution in [3.8, 4) is 0 Å². The number of hydrogen-bond acceptors (Lipinski definition) is 1. The summed E-state index contributed by atoms with van der Waals surface area (Å²) in [6.07, 6.45) is 6.76. The Balaban J connectivity index is 0. The van der Waals surface area contributed by atoms with Crippen molar-refractivity contribution in [2.75, 3.05) is 0 Å². The van der Waals surface area contributed by atoms with Gasteiger partial charge in [0, 0.05) is 5.03 Å². The summed E-state index contributed by atoms with van der Waals surface area (Å²) in [6.45, 7) is 7.75.